The van der Waals surface area contributed by atoms with Gasteiger partial charge in [-0.3, -0.25) is 9.13 Å². The van der Waals surface area contributed by atoms with Crippen LogP contribution in [-0.2, 0) is 14.1 Å². The Morgan fingerprint density at radius 2 is 1.54 bits per heavy atom. The molecular weight excluding hydrogens is 354 g/mol. The van der Waals surface area contributed by atoms with Gasteiger partial charge in [0.05, 0.1) is 22.4 Å². The van der Waals surface area contributed by atoms with Crippen LogP contribution < -0.4 is 21.2 Å². The number of imidazole rings is 1. The summed E-state index contributed by atoms with van der Waals surface area (Å²) < 4.78 is 3.26. The minimum Gasteiger partial charge on any atom is -0.370 e. The van der Waals surface area contributed by atoms with E-state index in [-0.39, 0.29) is 11.7 Å². The highest BCUT2D eigenvalue weighted by Gasteiger charge is 2.19. The Bertz CT molecular complexity index is 1060. The largest absolute Gasteiger partial charge is 0.370 e. The number of urea groups is 1. The number of aromatic nitrogens is 2. The molecule has 0 bridgehead atoms. The van der Waals surface area contributed by atoms with E-state index >= 15 is 0 Å². The van der Waals surface area contributed by atoms with Crippen molar-refractivity contribution in [1.29, 1.82) is 0 Å². The maximum absolute atomic E-state index is 12.6. The van der Waals surface area contributed by atoms with Crippen molar-refractivity contribution in [1.82, 2.24) is 9.13 Å². The molecule has 1 aliphatic heterocycles. The Kier molecular flexibility index (Phi) is 4.81. The number of fused-ring (bicyclic) bond motifs is 1. The fourth-order valence-corrected chi connectivity index (χ4v) is 3.84. The first kappa shape index (κ1) is 18.2. The summed E-state index contributed by atoms with van der Waals surface area (Å²) in [5, 5.41) is 5.85. The van der Waals surface area contributed by atoms with E-state index in [1.54, 1.807) is 23.2 Å². The number of nitrogens with one attached hydrogen (secondary N) is 2. The van der Waals surface area contributed by atoms with Gasteiger partial charge in [-0.2, -0.15) is 0 Å². The summed E-state index contributed by atoms with van der Waals surface area (Å²) in [5.74, 6) is 0. The highest BCUT2D eigenvalue weighted by molar-refractivity contribution is 6.03. The van der Waals surface area contributed by atoms with Gasteiger partial charge in [-0.15, -0.1) is 0 Å². The van der Waals surface area contributed by atoms with Crippen molar-refractivity contribution < 1.29 is 4.79 Å². The van der Waals surface area contributed by atoms with E-state index in [9.17, 15) is 9.59 Å². The number of piperidine rings is 1. The molecule has 0 aliphatic carbocycles. The van der Waals surface area contributed by atoms with Crippen LogP contribution in [0.2, 0.25) is 0 Å². The quantitative estimate of drug-likeness (QED) is 0.732. The van der Waals surface area contributed by atoms with Gasteiger partial charge in [0.25, 0.3) is 0 Å². The number of para-hydroxylation sites is 1. The van der Waals surface area contributed by atoms with Gasteiger partial charge in [-0.05, 0) is 43.5 Å². The van der Waals surface area contributed by atoms with E-state index in [1.165, 1.54) is 6.42 Å². The third-order valence-corrected chi connectivity index (χ3v) is 5.37. The average Bonchev–Trinajstić information content (AvgIpc) is 2.92. The van der Waals surface area contributed by atoms with Crippen molar-refractivity contribution in [2.75, 3.05) is 28.6 Å². The number of amides is 2. The third-order valence-electron chi connectivity index (χ3n) is 5.37. The van der Waals surface area contributed by atoms with Crippen molar-refractivity contribution in [3.05, 3.63) is 52.9 Å². The molecule has 0 radical (unpaired) electrons. The predicted molar refractivity (Wildman–Crippen MR) is 113 cm³/mol. The van der Waals surface area contributed by atoms with Crippen molar-refractivity contribution in [3.63, 3.8) is 0 Å². The van der Waals surface area contributed by atoms with Crippen LogP contribution in [0.5, 0.6) is 0 Å². The van der Waals surface area contributed by atoms with Gasteiger partial charge in [0, 0.05) is 32.9 Å². The average molecular weight is 379 g/mol. The number of benzene rings is 2. The molecule has 1 saturated heterocycles. The van der Waals surface area contributed by atoms with Gasteiger partial charge in [0.2, 0.25) is 0 Å². The molecule has 0 spiro atoms. The minimum absolute atomic E-state index is 0.0783. The molecule has 7 nitrogen and oxygen atoms in total. The molecule has 7 heteroatoms. The second-order valence-corrected chi connectivity index (χ2v) is 7.25. The topological polar surface area (TPSA) is 71.3 Å². The molecule has 2 N–H and O–H groups in total. The van der Waals surface area contributed by atoms with E-state index < -0.39 is 0 Å². The molecule has 2 heterocycles. The number of anilines is 3. The lowest BCUT2D eigenvalue weighted by Crippen LogP contribution is -2.31. The van der Waals surface area contributed by atoms with Gasteiger partial charge in [0.15, 0.2) is 0 Å². The fourth-order valence-electron chi connectivity index (χ4n) is 3.84. The van der Waals surface area contributed by atoms with Gasteiger partial charge >= 0.3 is 11.7 Å². The van der Waals surface area contributed by atoms with Crippen LogP contribution in [0.25, 0.3) is 11.0 Å². The summed E-state index contributed by atoms with van der Waals surface area (Å²) in [6.45, 7) is 1.89. The zero-order valence-corrected chi connectivity index (χ0v) is 16.2. The van der Waals surface area contributed by atoms with Gasteiger partial charge < -0.3 is 15.5 Å². The van der Waals surface area contributed by atoms with Crippen LogP contribution in [0.3, 0.4) is 0 Å². The second kappa shape index (κ2) is 7.42. The Hall–Kier alpha value is -3.22. The minimum atomic E-state index is -0.301. The molecule has 1 fully saturated rings. The number of hydrogen-bond donors (Lipinski definition) is 2. The van der Waals surface area contributed by atoms with Crippen molar-refractivity contribution in [2.24, 2.45) is 14.1 Å². The van der Waals surface area contributed by atoms with E-state index in [2.05, 4.69) is 15.5 Å². The van der Waals surface area contributed by atoms with Crippen molar-refractivity contribution >= 4 is 34.1 Å². The molecule has 1 aromatic heterocycles. The highest BCUT2D eigenvalue weighted by Crippen LogP contribution is 2.33. The van der Waals surface area contributed by atoms with Crippen LogP contribution in [0.15, 0.2) is 47.3 Å². The summed E-state index contributed by atoms with van der Waals surface area (Å²) in [7, 11) is 3.53. The lowest BCUT2D eigenvalue weighted by molar-refractivity contribution is 0.262. The molecule has 28 heavy (non-hydrogen) atoms. The van der Waals surface area contributed by atoms with Crippen LogP contribution in [0.4, 0.5) is 21.9 Å². The molecule has 146 valence electrons. The van der Waals surface area contributed by atoms with Crippen molar-refractivity contribution in [3.8, 4) is 0 Å². The van der Waals surface area contributed by atoms with Crippen LogP contribution in [0.1, 0.15) is 19.3 Å². The summed E-state index contributed by atoms with van der Waals surface area (Å²) in [4.78, 5) is 27.2. The third kappa shape index (κ3) is 3.35. The Labute approximate surface area is 163 Å². The summed E-state index contributed by atoms with van der Waals surface area (Å²) in [6, 6.07) is 12.9. The lowest BCUT2D eigenvalue weighted by atomic mass is 10.1. The zero-order valence-electron chi connectivity index (χ0n) is 16.2. The van der Waals surface area contributed by atoms with Gasteiger partial charge in [0.1, 0.15) is 0 Å². The number of carbonyl (C=O) groups is 1. The molecule has 3 aromatic rings. The zero-order chi connectivity index (χ0) is 19.7. The Balaban J connectivity index is 1.72. The smallest absolute Gasteiger partial charge is 0.328 e. The van der Waals surface area contributed by atoms with E-state index in [1.807, 2.05) is 42.5 Å². The number of aryl methyl sites for hydroxylation is 2. The molecule has 2 aromatic carbocycles. The van der Waals surface area contributed by atoms with Gasteiger partial charge in [-0.1, -0.05) is 18.2 Å². The Morgan fingerprint density at radius 3 is 2.21 bits per heavy atom. The van der Waals surface area contributed by atoms with Crippen LogP contribution in [-0.4, -0.2) is 28.3 Å². The second-order valence-electron chi connectivity index (χ2n) is 7.25. The molecule has 1 aliphatic rings. The highest BCUT2D eigenvalue weighted by atomic mass is 16.2. The predicted octanol–water partition coefficient (Wildman–Crippen LogP) is 3.51. The summed E-state index contributed by atoms with van der Waals surface area (Å²) in [5.41, 5.74) is 3.98. The lowest BCUT2D eigenvalue weighted by Gasteiger charge is -2.30. The standard InChI is InChI=1S/C21H25N5O2/c1-24-18-13-16(23-20(27)22-15-9-5-3-6-10-15)17(26-11-7-4-8-12-26)14-19(18)25(2)21(24)28/h3,5-6,9-10,13-14H,4,7-8,11-12H2,1-2H3,(H2,22,23,27). The van der Waals surface area contributed by atoms with E-state index in [0.717, 1.165) is 48.3 Å². The monoisotopic (exact) mass is 379 g/mol. The van der Waals surface area contributed by atoms with Gasteiger partial charge in [-0.25, -0.2) is 9.59 Å². The molecule has 0 saturated carbocycles. The first-order valence-corrected chi connectivity index (χ1v) is 9.62. The summed E-state index contributed by atoms with van der Waals surface area (Å²) >= 11 is 0. The summed E-state index contributed by atoms with van der Waals surface area (Å²) in [6.07, 6.45) is 3.47. The molecule has 2 amide bonds. The fraction of sp³-hybridized carbons (Fsp3) is 0.333. The number of carbonyl (C=O) groups excluding carboxylic acids is 1. The number of hydrogen-bond acceptors (Lipinski definition) is 3. The Morgan fingerprint density at radius 1 is 0.893 bits per heavy atom. The normalized spacial score (nSPS) is 14.3. The van der Waals surface area contributed by atoms with E-state index in [0.29, 0.717) is 5.69 Å². The number of nitrogens with zero attached hydrogens (tertiary/aromatic N) is 3. The van der Waals surface area contributed by atoms with Crippen LogP contribution in [0, 0.1) is 0 Å². The SMILES string of the molecule is Cn1c(=O)n(C)c2cc(N3CCCCC3)c(NC(=O)Nc3ccccc3)cc21. The molecule has 4 rings (SSSR count). The van der Waals surface area contributed by atoms with E-state index in [4.69, 9.17) is 0 Å². The maximum Gasteiger partial charge on any atom is 0.328 e. The van der Waals surface area contributed by atoms with Crippen molar-refractivity contribution in [2.45, 2.75) is 19.3 Å². The first-order chi connectivity index (χ1) is 13.5. The first-order valence-electron chi connectivity index (χ1n) is 9.62. The molecule has 0 unspecified atom stereocenters. The molecular formula is C21H25N5O2. The van der Waals surface area contributed by atoms with Crippen LogP contribution >= 0.6 is 0 Å². The number of rotatable bonds is 3. The maximum atomic E-state index is 12.6. The molecule has 0 atom stereocenters.